The Labute approximate surface area is 175 Å². The first-order chi connectivity index (χ1) is 14.1. The number of hydrogen-bond acceptors (Lipinski definition) is 4. The van der Waals surface area contributed by atoms with Crippen LogP contribution in [0.2, 0.25) is 0 Å². The van der Waals surface area contributed by atoms with E-state index in [4.69, 9.17) is 5.11 Å². The van der Waals surface area contributed by atoms with E-state index in [-0.39, 0.29) is 19.4 Å². The minimum absolute atomic E-state index is 0.0598. The molecule has 0 aliphatic heterocycles. The molecule has 0 bridgehead atoms. The molecule has 2 aromatic rings. The van der Waals surface area contributed by atoms with Crippen molar-refractivity contribution in [3.8, 4) is 11.1 Å². The summed E-state index contributed by atoms with van der Waals surface area (Å²) in [5.74, 6) is -2.69. The van der Waals surface area contributed by atoms with Crippen molar-refractivity contribution in [2.24, 2.45) is 0 Å². The van der Waals surface area contributed by atoms with Crippen LogP contribution < -0.4 is 5.32 Å². The minimum Gasteiger partial charge on any atom is -0.481 e. The summed E-state index contributed by atoms with van der Waals surface area (Å²) in [6, 6.07) is 16.5. The highest BCUT2D eigenvalue weighted by molar-refractivity contribution is 7.52. The quantitative estimate of drug-likeness (QED) is 0.423. The van der Waals surface area contributed by atoms with Crippen LogP contribution >= 0.6 is 7.60 Å². The molecule has 1 amide bonds. The number of aliphatic carboxylic acids is 1. The number of carbonyl (C=O) groups is 2. The third-order valence-corrected chi connectivity index (χ3v) is 6.34. The maximum absolute atomic E-state index is 12.7. The number of carboxylic acid groups (broad SMARTS) is 1. The summed E-state index contributed by atoms with van der Waals surface area (Å²) in [7, 11) is -2.97. The Morgan fingerprint density at radius 2 is 1.60 bits per heavy atom. The van der Waals surface area contributed by atoms with Crippen LogP contribution in [0.15, 0.2) is 54.6 Å². The first-order valence-electron chi connectivity index (χ1n) is 9.50. The Balaban J connectivity index is 2.20. The number of carbonyl (C=O) groups excluding carboxylic acids is 1. The number of amides is 1. The predicted octanol–water partition coefficient (Wildman–Crippen LogP) is 2.31. The highest BCUT2D eigenvalue weighted by Crippen LogP contribution is 2.43. The molecule has 0 fully saturated rings. The van der Waals surface area contributed by atoms with E-state index in [1.807, 2.05) is 54.6 Å². The van der Waals surface area contributed by atoms with Gasteiger partial charge in [-0.2, -0.15) is 0 Å². The van der Waals surface area contributed by atoms with Crippen molar-refractivity contribution in [2.45, 2.75) is 31.6 Å². The van der Waals surface area contributed by atoms with Crippen molar-refractivity contribution in [3.05, 3.63) is 60.2 Å². The van der Waals surface area contributed by atoms with Crippen LogP contribution in [0.4, 0.5) is 0 Å². The van der Waals surface area contributed by atoms with Gasteiger partial charge in [-0.1, -0.05) is 54.6 Å². The predicted molar refractivity (Wildman–Crippen MR) is 114 cm³/mol. The Morgan fingerprint density at radius 1 is 1.03 bits per heavy atom. The molecule has 0 aliphatic rings. The highest BCUT2D eigenvalue weighted by Gasteiger charge is 2.35. The van der Waals surface area contributed by atoms with Crippen LogP contribution in [0.1, 0.15) is 18.9 Å². The molecule has 2 atom stereocenters. The van der Waals surface area contributed by atoms with Gasteiger partial charge in [-0.25, -0.2) is 0 Å². The molecule has 0 saturated carbocycles. The topological polar surface area (TPSA) is 127 Å². The molecule has 2 unspecified atom stereocenters. The Hall–Kier alpha value is -2.51. The fourth-order valence-corrected chi connectivity index (χ4v) is 3.65. The zero-order valence-electron chi connectivity index (χ0n) is 16.9. The fourth-order valence-electron chi connectivity index (χ4n) is 3.02. The van der Waals surface area contributed by atoms with Crippen LogP contribution in [0.25, 0.3) is 11.1 Å². The van der Waals surface area contributed by atoms with E-state index in [2.05, 4.69) is 5.32 Å². The number of rotatable bonds is 10. The second kappa shape index (κ2) is 10.5. The average Bonchev–Trinajstić information content (AvgIpc) is 2.71. The number of carboxylic acids is 1. The van der Waals surface area contributed by atoms with Crippen LogP contribution in [-0.4, -0.2) is 57.1 Å². The number of benzene rings is 2. The second-order valence-corrected chi connectivity index (χ2v) is 9.03. The summed E-state index contributed by atoms with van der Waals surface area (Å²) >= 11 is 0. The lowest BCUT2D eigenvalue weighted by Crippen LogP contribution is -2.50. The summed E-state index contributed by atoms with van der Waals surface area (Å²) in [5, 5.41) is 11.3. The smallest absolute Gasteiger partial charge is 0.342 e. The third kappa shape index (κ3) is 6.78. The van der Waals surface area contributed by atoms with Gasteiger partial charge in [0.1, 0.15) is 5.78 Å². The molecule has 9 heteroatoms. The van der Waals surface area contributed by atoms with Gasteiger partial charge in [-0.3, -0.25) is 19.1 Å². The monoisotopic (exact) mass is 434 g/mol. The molecule has 0 heterocycles. The van der Waals surface area contributed by atoms with Gasteiger partial charge in [-0.05, 0) is 37.1 Å². The fraction of sp³-hybridized carbons (Fsp3) is 0.333. The molecule has 2 rings (SSSR count). The molecule has 0 aromatic heterocycles. The summed E-state index contributed by atoms with van der Waals surface area (Å²) < 4.78 is 11.7. The zero-order chi connectivity index (χ0) is 22.3. The summed E-state index contributed by atoms with van der Waals surface area (Å²) in [6.45, 7) is 1.30. The molecule has 8 nitrogen and oxygen atoms in total. The maximum atomic E-state index is 12.7. The standard InChI is InChI=1S/C21H27N2O6P/c1-15(30(27,28)29)23(2)19(21(26)22-13-12-20(24)25)14-16-8-10-18(11-9-16)17-6-4-3-5-7-17/h3-11,15,19H,12-14H2,1-2H3,(H,22,26)(H,24,25)(H2,27,28,29). The van der Waals surface area contributed by atoms with Gasteiger partial charge in [0.2, 0.25) is 5.91 Å². The van der Waals surface area contributed by atoms with E-state index in [0.29, 0.717) is 0 Å². The van der Waals surface area contributed by atoms with Crippen LogP contribution in [0.5, 0.6) is 0 Å². The van der Waals surface area contributed by atoms with Gasteiger partial charge in [0, 0.05) is 6.54 Å². The Bertz CT molecular complexity index is 897. The lowest BCUT2D eigenvalue weighted by Gasteiger charge is -2.32. The van der Waals surface area contributed by atoms with E-state index in [1.165, 1.54) is 18.9 Å². The Kier molecular flexibility index (Phi) is 8.32. The Morgan fingerprint density at radius 3 is 2.13 bits per heavy atom. The molecule has 2 aromatic carbocycles. The van der Waals surface area contributed by atoms with Crippen molar-refractivity contribution >= 4 is 19.5 Å². The molecular weight excluding hydrogens is 407 g/mol. The first kappa shape index (κ1) is 23.8. The molecule has 30 heavy (non-hydrogen) atoms. The number of likely N-dealkylation sites (N-methyl/N-ethyl adjacent to an activating group) is 1. The van der Waals surface area contributed by atoms with Crippen molar-refractivity contribution in [3.63, 3.8) is 0 Å². The zero-order valence-corrected chi connectivity index (χ0v) is 17.8. The van der Waals surface area contributed by atoms with Gasteiger partial charge in [0.05, 0.1) is 12.5 Å². The van der Waals surface area contributed by atoms with Gasteiger partial charge in [0.15, 0.2) is 0 Å². The lowest BCUT2D eigenvalue weighted by atomic mass is 9.99. The molecule has 0 radical (unpaired) electrons. The first-order valence-corrected chi connectivity index (χ1v) is 11.2. The molecule has 0 spiro atoms. The van der Waals surface area contributed by atoms with E-state index >= 15 is 0 Å². The van der Waals surface area contributed by atoms with Crippen molar-refractivity contribution in [1.29, 1.82) is 0 Å². The molecule has 0 saturated heterocycles. The van der Waals surface area contributed by atoms with Crippen molar-refractivity contribution in [1.82, 2.24) is 10.2 Å². The van der Waals surface area contributed by atoms with Crippen LogP contribution in [0.3, 0.4) is 0 Å². The second-order valence-electron chi connectivity index (χ2n) is 7.10. The van der Waals surface area contributed by atoms with Crippen molar-refractivity contribution < 1.29 is 29.0 Å². The molecule has 0 aliphatic carbocycles. The van der Waals surface area contributed by atoms with Crippen molar-refractivity contribution in [2.75, 3.05) is 13.6 Å². The van der Waals surface area contributed by atoms with Crippen LogP contribution in [-0.2, 0) is 20.6 Å². The number of nitrogens with one attached hydrogen (secondary N) is 1. The van der Waals surface area contributed by atoms with Gasteiger partial charge in [0.25, 0.3) is 0 Å². The van der Waals surface area contributed by atoms with Gasteiger partial charge >= 0.3 is 13.6 Å². The largest absolute Gasteiger partial charge is 0.481 e. The number of hydrogen-bond donors (Lipinski definition) is 4. The minimum atomic E-state index is -4.45. The molecular formula is C21H27N2O6P. The van der Waals surface area contributed by atoms with Crippen LogP contribution in [0, 0.1) is 0 Å². The summed E-state index contributed by atoms with van der Waals surface area (Å²) in [4.78, 5) is 43.8. The maximum Gasteiger partial charge on any atom is 0.342 e. The van der Waals surface area contributed by atoms with Gasteiger partial charge < -0.3 is 20.2 Å². The normalized spacial score (nSPS) is 13.6. The molecule has 4 N–H and O–H groups in total. The average molecular weight is 434 g/mol. The summed E-state index contributed by atoms with van der Waals surface area (Å²) in [6.07, 6.45) is -0.0171. The lowest BCUT2D eigenvalue weighted by molar-refractivity contribution is -0.137. The third-order valence-electron chi connectivity index (χ3n) is 5.00. The SMILES string of the molecule is CC(N(C)C(Cc1ccc(-c2ccccc2)cc1)C(=O)NCCC(=O)O)P(=O)(O)O. The molecule has 162 valence electrons. The van der Waals surface area contributed by atoms with Gasteiger partial charge in [-0.15, -0.1) is 0 Å². The van der Waals surface area contributed by atoms with E-state index in [0.717, 1.165) is 16.7 Å². The van der Waals surface area contributed by atoms with E-state index in [9.17, 15) is 23.9 Å². The number of nitrogens with zero attached hydrogens (tertiary/aromatic N) is 1. The highest BCUT2D eigenvalue weighted by atomic mass is 31.2. The van der Waals surface area contributed by atoms with E-state index < -0.39 is 31.3 Å². The summed E-state index contributed by atoms with van der Waals surface area (Å²) in [5.41, 5.74) is 2.89. The van der Waals surface area contributed by atoms with E-state index in [1.54, 1.807) is 0 Å².